The number of nitrogens with one attached hydrogen (secondary N) is 1. The number of halogens is 1. The molecule has 1 aliphatic heterocycles. The highest BCUT2D eigenvalue weighted by Crippen LogP contribution is 2.35. The molecule has 2 aromatic heterocycles. The maximum absolute atomic E-state index is 13.5. The van der Waals surface area contributed by atoms with Crippen LogP contribution in [0.15, 0.2) is 60.7 Å². The van der Waals surface area contributed by atoms with Crippen molar-refractivity contribution in [1.29, 1.82) is 0 Å². The van der Waals surface area contributed by atoms with Gasteiger partial charge in [0, 0.05) is 30.6 Å². The summed E-state index contributed by atoms with van der Waals surface area (Å²) in [5, 5.41) is 8.78. The topological polar surface area (TPSA) is 56.2 Å². The number of rotatable bonds is 5. The van der Waals surface area contributed by atoms with Crippen LogP contribution in [0, 0.1) is 12.7 Å². The Kier molecular flexibility index (Phi) is 5.53. The molecule has 0 saturated carbocycles. The Balaban J connectivity index is 1.40. The molecule has 0 spiro atoms. The van der Waals surface area contributed by atoms with Crippen LogP contribution in [-0.4, -0.2) is 35.4 Å². The van der Waals surface area contributed by atoms with Gasteiger partial charge in [-0.3, -0.25) is 4.79 Å². The average Bonchev–Trinajstić information content (AvgIpc) is 3.40. The van der Waals surface area contributed by atoms with Gasteiger partial charge in [0.05, 0.1) is 16.3 Å². The van der Waals surface area contributed by atoms with Gasteiger partial charge in [0.15, 0.2) is 0 Å². The second-order valence-corrected chi connectivity index (χ2v) is 9.28. The lowest BCUT2D eigenvalue weighted by molar-refractivity contribution is 0.0487. The molecule has 4 aromatic rings. The zero-order chi connectivity index (χ0) is 22.1. The van der Waals surface area contributed by atoms with Crippen LogP contribution in [0.1, 0.15) is 33.8 Å². The van der Waals surface area contributed by atoms with Gasteiger partial charge in [0.25, 0.3) is 5.91 Å². The Bertz CT molecular complexity index is 1240. The highest BCUT2D eigenvalue weighted by Gasteiger charge is 2.35. The number of hydrogen-bond donors (Lipinski definition) is 1. The lowest BCUT2D eigenvalue weighted by atomic mass is 9.74. The lowest BCUT2D eigenvalue weighted by Crippen LogP contribution is -2.44. The molecule has 1 saturated heterocycles. The molecule has 5 rings (SSSR count). The van der Waals surface area contributed by atoms with Gasteiger partial charge in [-0.15, -0.1) is 11.3 Å². The predicted molar refractivity (Wildman–Crippen MR) is 124 cm³/mol. The fourth-order valence-corrected chi connectivity index (χ4v) is 5.47. The maximum atomic E-state index is 13.5. The molecule has 3 heterocycles. The Morgan fingerprint density at radius 3 is 2.59 bits per heavy atom. The standard InChI is InChI=1S/C25H24FN3O2S/c1-17-21-15-22(32-24(21)29(28-17)20-5-3-2-4-6-20)23(30)27-16-25(11-13-31-14-12-25)18-7-9-19(26)10-8-18/h2-10,15H,11-14,16H2,1H3,(H,27,30). The lowest BCUT2D eigenvalue weighted by Gasteiger charge is -2.38. The maximum Gasteiger partial charge on any atom is 0.261 e. The van der Waals surface area contributed by atoms with Crippen LogP contribution in [0.25, 0.3) is 15.9 Å². The summed E-state index contributed by atoms with van der Waals surface area (Å²) in [6, 6.07) is 18.5. The second-order valence-electron chi connectivity index (χ2n) is 8.24. The van der Waals surface area contributed by atoms with Crippen LogP contribution in [0.5, 0.6) is 0 Å². The molecule has 5 nitrogen and oxygen atoms in total. The third-order valence-corrected chi connectivity index (χ3v) is 7.37. The molecule has 1 N–H and O–H groups in total. The zero-order valence-corrected chi connectivity index (χ0v) is 18.6. The third-order valence-electron chi connectivity index (χ3n) is 6.26. The predicted octanol–water partition coefficient (Wildman–Crippen LogP) is 5.01. The number of para-hydroxylation sites is 1. The van der Waals surface area contributed by atoms with Gasteiger partial charge in [-0.1, -0.05) is 30.3 Å². The van der Waals surface area contributed by atoms with E-state index in [1.54, 1.807) is 0 Å². The molecule has 2 aromatic carbocycles. The summed E-state index contributed by atoms with van der Waals surface area (Å²) in [5.74, 6) is -0.355. The van der Waals surface area contributed by atoms with Crippen LogP contribution in [-0.2, 0) is 10.2 Å². The molecular formula is C25H24FN3O2S. The van der Waals surface area contributed by atoms with Crippen LogP contribution >= 0.6 is 11.3 Å². The summed E-state index contributed by atoms with van der Waals surface area (Å²) in [7, 11) is 0. The summed E-state index contributed by atoms with van der Waals surface area (Å²) in [6.07, 6.45) is 1.57. The molecule has 0 atom stereocenters. The first-order valence-corrected chi connectivity index (χ1v) is 11.5. The van der Waals surface area contributed by atoms with Crippen molar-refractivity contribution in [3.8, 4) is 5.69 Å². The van der Waals surface area contributed by atoms with E-state index in [0.717, 1.165) is 40.0 Å². The molecule has 7 heteroatoms. The van der Waals surface area contributed by atoms with Crippen LogP contribution < -0.4 is 5.32 Å². The van der Waals surface area contributed by atoms with Crippen molar-refractivity contribution in [1.82, 2.24) is 15.1 Å². The Morgan fingerprint density at radius 2 is 1.88 bits per heavy atom. The van der Waals surface area contributed by atoms with E-state index >= 15 is 0 Å². The highest BCUT2D eigenvalue weighted by atomic mass is 32.1. The van der Waals surface area contributed by atoms with Crippen LogP contribution in [0.4, 0.5) is 4.39 Å². The van der Waals surface area contributed by atoms with E-state index < -0.39 is 0 Å². The van der Waals surface area contributed by atoms with Crippen LogP contribution in [0.3, 0.4) is 0 Å². The van der Waals surface area contributed by atoms with Gasteiger partial charge < -0.3 is 10.1 Å². The van der Waals surface area contributed by atoms with E-state index in [4.69, 9.17) is 4.74 Å². The summed E-state index contributed by atoms with van der Waals surface area (Å²) < 4.78 is 20.9. The number of thiophene rings is 1. The first-order valence-electron chi connectivity index (χ1n) is 10.7. The highest BCUT2D eigenvalue weighted by molar-refractivity contribution is 7.20. The third kappa shape index (κ3) is 3.82. The molecule has 1 fully saturated rings. The first-order chi connectivity index (χ1) is 15.6. The van der Waals surface area contributed by atoms with Gasteiger partial charge in [-0.05, 0) is 55.7 Å². The number of hydrogen-bond acceptors (Lipinski definition) is 4. The molecule has 0 unspecified atom stereocenters. The molecule has 1 amide bonds. The van der Waals surface area contributed by atoms with Gasteiger partial charge in [0.1, 0.15) is 10.6 Å². The second kappa shape index (κ2) is 8.48. The van der Waals surface area contributed by atoms with Crippen molar-refractivity contribution in [2.45, 2.75) is 25.2 Å². The number of fused-ring (bicyclic) bond motifs is 1. The first kappa shape index (κ1) is 20.8. The molecule has 1 aliphatic rings. The summed E-state index contributed by atoms with van der Waals surface area (Å²) >= 11 is 1.45. The number of aryl methyl sites for hydroxylation is 1. The molecule has 0 bridgehead atoms. The van der Waals surface area contributed by atoms with Crippen molar-refractivity contribution < 1.29 is 13.9 Å². The van der Waals surface area contributed by atoms with E-state index in [-0.39, 0.29) is 17.1 Å². The number of carbonyl (C=O) groups excluding carboxylic acids is 1. The van der Waals surface area contributed by atoms with Crippen molar-refractivity contribution in [3.05, 3.63) is 82.6 Å². The van der Waals surface area contributed by atoms with Crippen molar-refractivity contribution >= 4 is 27.5 Å². The van der Waals surface area contributed by atoms with Crippen molar-refractivity contribution in [3.63, 3.8) is 0 Å². The Hall–Kier alpha value is -3.03. The molecular weight excluding hydrogens is 425 g/mol. The Labute approximate surface area is 189 Å². The number of nitrogens with zero attached hydrogens (tertiary/aromatic N) is 2. The fourth-order valence-electron chi connectivity index (χ4n) is 4.37. The van der Waals surface area contributed by atoms with Gasteiger partial charge in [0.2, 0.25) is 0 Å². The van der Waals surface area contributed by atoms with Crippen molar-refractivity contribution in [2.75, 3.05) is 19.8 Å². The van der Waals surface area contributed by atoms with E-state index in [1.165, 1.54) is 23.5 Å². The minimum Gasteiger partial charge on any atom is -0.381 e. The normalized spacial score (nSPS) is 15.7. The number of ether oxygens (including phenoxy) is 1. The fraction of sp³-hybridized carbons (Fsp3) is 0.280. The summed E-state index contributed by atoms with van der Waals surface area (Å²) in [5.41, 5.74) is 2.65. The number of carbonyl (C=O) groups is 1. The quantitative estimate of drug-likeness (QED) is 0.466. The SMILES string of the molecule is Cc1nn(-c2ccccc2)c2sc(C(=O)NCC3(c4ccc(F)cc4)CCOCC3)cc12. The van der Waals surface area contributed by atoms with Crippen molar-refractivity contribution in [2.24, 2.45) is 0 Å². The minimum atomic E-state index is -0.256. The van der Waals surface area contributed by atoms with E-state index in [9.17, 15) is 9.18 Å². The molecule has 0 aliphatic carbocycles. The van der Waals surface area contributed by atoms with Gasteiger partial charge in [-0.2, -0.15) is 5.10 Å². The summed E-state index contributed by atoms with van der Waals surface area (Å²) in [6.45, 7) is 3.70. The number of aromatic nitrogens is 2. The van der Waals surface area contributed by atoms with Gasteiger partial charge >= 0.3 is 0 Å². The molecule has 164 valence electrons. The number of amides is 1. The Morgan fingerprint density at radius 1 is 1.16 bits per heavy atom. The monoisotopic (exact) mass is 449 g/mol. The van der Waals surface area contributed by atoms with E-state index in [0.29, 0.717) is 24.6 Å². The van der Waals surface area contributed by atoms with E-state index in [2.05, 4.69) is 10.4 Å². The van der Waals surface area contributed by atoms with Crippen LogP contribution in [0.2, 0.25) is 0 Å². The molecule has 0 radical (unpaired) electrons. The molecule has 32 heavy (non-hydrogen) atoms. The average molecular weight is 450 g/mol. The largest absolute Gasteiger partial charge is 0.381 e. The number of benzene rings is 2. The minimum absolute atomic E-state index is 0.0989. The smallest absolute Gasteiger partial charge is 0.261 e. The van der Waals surface area contributed by atoms with Gasteiger partial charge in [-0.25, -0.2) is 9.07 Å². The zero-order valence-electron chi connectivity index (χ0n) is 17.8. The van der Waals surface area contributed by atoms with E-state index in [1.807, 2.05) is 60.1 Å². The summed E-state index contributed by atoms with van der Waals surface area (Å²) in [4.78, 5) is 14.7.